The molecule has 0 bridgehead atoms. The Labute approximate surface area is 128 Å². The average Bonchev–Trinajstić information content (AvgIpc) is 2.47. The van der Waals surface area contributed by atoms with E-state index in [4.69, 9.17) is 9.47 Å². The number of anilines is 1. The van der Waals surface area contributed by atoms with Crippen molar-refractivity contribution in [1.82, 2.24) is 0 Å². The SMILES string of the molecule is CC(C)(C)C1CCC(Nc2ccc3c(c2)OCCO3)CC1. The summed E-state index contributed by atoms with van der Waals surface area (Å²) in [6, 6.07) is 6.77. The van der Waals surface area contributed by atoms with Crippen LogP contribution in [-0.2, 0) is 0 Å². The van der Waals surface area contributed by atoms with Crippen LogP contribution in [0.3, 0.4) is 0 Å². The van der Waals surface area contributed by atoms with E-state index in [1.807, 2.05) is 6.07 Å². The summed E-state index contributed by atoms with van der Waals surface area (Å²) in [5.41, 5.74) is 1.60. The Morgan fingerprint density at radius 2 is 1.62 bits per heavy atom. The number of nitrogens with one attached hydrogen (secondary N) is 1. The van der Waals surface area contributed by atoms with E-state index in [0.29, 0.717) is 24.7 Å². The van der Waals surface area contributed by atoms with Crippen LogP contribution in [0.2, 0.25) is 0 Å². The lowest BCUT2D eigenvalue weighted by molar-refractivity contribution is 0.171. The first-order valence-electron chi connectivity index (χ1n) is 8.18. The van der Waals surface area contributed by atoms with Gasteiger partial charge in [-0.25, -0.2) is 0 Å². The molecule has 3 rings (SSSR count). The van der Waals surface area contributed by atoms with Gasteiger partial charge < -0.3 is 14.8 Å². The normalized spacial score (nSPS) is 25.5. The first kappa shape index (κ1) is 14.6. The van der Waals surface area contributed by atoms with Gasteiger partial charge in [0.05, 0.1) is 0 Å². The Morgan fingerprint density at radius 1 is 0.952 bits per heavy atom. The monoisotopic (exact) mass is 289 g/mol. The van der Waals surface area contributed by atoms with E-state index in [2.05, 4.69) is 38.2 Å². The van der Waals surface area contributed by atoms with Crippen molar-refractivity contribution in [3.05, 3.63) is 18.2 Å². The van der Waals surface area contributed by atoms with Gasteiger partial charge in [-0.05, 0) is 49.1 Å². The smallest absolute Gasteiger partial charge is 0.163 e. The van der Waals surface area contributed by atoms with Crippen LogP contribution in [0.1, 0.15) is 46.5 Å². The summed E-state index contributed by atoms with van der Waals surface area (Å²) < 4.78 is 11.2. The fourth-order valence-electron chi connectivity index (χ4n) is 3.47. The Bertz CT molecular complexity index is 484. The molecule has 0 radical (unpaired) electrons. The molecule has 3 heteroatoms. The number of fused-ring (bicyclic) bond motifs is 1. The van der Waals surface area contributed by atoms with E-state index in [-0.39, 0.29) is 0 Å². The largest absolute Gasteiger partial charge is 0.486 e. The predicted octanol–water partition coefficient (Wildman–Crippen LogP) is 4.47. The zero-order valence-electron chi connectivity index (χ0n) is 13.4. The van der Waals surface area contributed by atoms with Crippen molar-refractivity contribution in [3.63, 3.8) is 0 Å². The minimum Gasteiger partial charge on any atom is -0.486 e. The molecule has 21 heavy (non-hydrogen) atoms. The summed E-state index contributed by atoms with van der Waals surface area (Å²) >= 11 is 0. The van der Waals surface area contributed by atoms with Crippen LogP contribution < -0.4 is 14.8 Å². The van der Waals surface area contributed by atoms with Gasteiger partial charge >= 0.3 is 0 Å². The minimum absolute atomic E-state index is 0.446. The molecule has 1 aliphatic carbocycles. The summed E-state index contributed by atoms with van der Waals surface area (Å²) in [6.45, 7) is 8.40. The second-order valence-corrected chi connectivity index (χ2v) is 7.42. The van der Waals surface area contributed by atoms with Crippen molar-refractivity contribution in [2.75, 3.05) is 18.5 Å². The molecule has 0 amide bonds. The highest BCUT2D eigenvalue weighted by molar-refractivity contribution is 5.55. The van der Waals surface area contributed by atoms with Gasteiger partial charge in [0.1, 0.15) is 13.2 Å². The second kappa shape index (κ2) is 5.78. The van der Waals surface area contributed by atoms with Crippen LogP contribution in [0, 0.1) is 11.3 Å². The fraction of sp³-hybridized carbons (Fsp3) is 0.667. The van der Waals surface area contributed by atoms with E-state index >= 15 is 0 Å². The molecular formula is C18H27NO2. The summed E-state index contributed by atoms with van der Waals surface area (Å²) in [6.07, 6.45) is 5.17. The number of ether oxygens (including phenoxy) is 2. The van der Waals surface area contributed by atoms with Crippen molar-refractivity contribution in [2.45, 2.75) is 52.5 Å². The molecule has 2 aliphatic rings. The van der Waals surface area contributed by atoms with Gasteiger partial charge in [-0.3, -0.25) is 0 Å². The molecule has 0 saturated heterocycles. The lowest BCUT2D eigenvalue weighted by atomic mass is 9.71. The van der Waals surface area contributed by atoms with Gasteiger partial charge in [-0.15, -0.1) is 0 Å². The molecule has 3 nitrogen and oxygen atoms in total. The van der Waals surface area contributed by atoms with Crippen LogP contribution in [0.5, 0.6) is 11.5 Å². The van der Waals surface area contributed by atoms with Gasteiger partial charge in [-0.1, -0.05) is 20.8 Å². The molecule has 0 atom stereocenters. The maximum Gasteiger partial charge on any atom is 0.163 e. The maximum atomic E-state index is 5.65. The van der Waals surface area contributed by atoms with Crippen molar-refractivity contribution < 1.29 is 9.47 Å². The van der Waals surface area contributed by atoms with Gasteiger partial charge in [0.2, 0.25) is 0 Å². The maximum absolute atomic E-state index is 5.65. The third-order valence-corrected chi connectivity index (χ3v) is 4.86. The molecule has 1 heterocycles. The third kappa shape index (κ3) is 3.45. The Balaban J connectivity index is 1.58. The van der Waals surface area contributed by atoms with E-state index in [1.165, 1.54) is 25.7 Å². The Morgan fingerprint density at radius 3 is 2.29 bits per heavy atom. The molecule has 1 aromatic carbocycles. The standard InChI is InChI=1S/C18H27NO2/c1-18(2,3)13-4-6-14(7-5-13)19-15-8-9-16-17(12-15)21-11-10-20-16/h8-9,12-14,19H,4-7,10-11H2,1-3H3. The van der Waals surface area contributed by atoms with E-state index in [1.54, 1.807) is 0 Å². The fourth-order valence-corrected chi connectivity index (χ4v) is 3.47. The third-order valence-electron chi connectivity index (χ3n) is 4.86. The Kier molecular flexibility index (Phi) is 4.01. The van der Waals surface area contributed by atoms with Crippen LogP contribution in [0.25, 0.3) is 0 Å². The quantitative estimate of drug-likeness (QED) is 0.871. The van der Waals surface area contributed by atoms with E-state index in [0.717, 1.165) is 23.1 Å². The molecule has 0 spiro atoms. The number of hydrogen-bond acceptors (Lipinski definition) is 3. The summed E-state index contributed by atoms with van der Waals surface area (Å²) in [4.78, 5) is 0. The average molecular weight is 289 g/mol. The van der Waals surface area contributed by atoms with Crippen LogP contribution >= 0.6 is 0 Å². The molecule has 1 saturated carbocycles. The molecule has 1 aliphatic heterocycles. The highest BCUT2D eigenvalue weighted by Gasteiger charge is 2.29. The van der Waals surface area contributed by atoms with Crippen LogP contribution in [-0.4, -0.2) is 19.3 Å². The molecule has 1 aromatic rings. The molecule has 116 valence electrons. The Hall–Kier alpha value is -1.38. The van der Waals surface area contributed by atoms with Gasteiger partial charge in [-0.2, -0.15) is 0 Å². The topological polar surface area (TPSA) is 30.5 Å². The summed E-state index contributed by atoms with van der Waals surface area (Å²) in [5, 5.41) is 3.67. The van der Waals surface area contributed by atoms with Crippen molar-refractivity contribution in [1.29, 1.82) is 0 Å². The lowest BCUT2D eigenvalue weighted by Gasteiger charge is -2.37. The van der Waals surface area contributed by atoms with Crippen molar-refractivity contribution in [3.8, 4) is 11.5 Å². The molecule has 1 fully saturated rings. The predicted molar refractivity (Wildman–Crippen MR) is 86.3 cm³/mol. The van der Waals surface area contributed by atoms with E-state index in [9.17, 15) is 0 Å². The highest BCUT2D eigenvalue weighted by Crippen LogP contribution is 2.39. The van der Waals surface area contributed by atoms with Crippen LogP contribution in [0.4, 0.5) is 5.69 Å². The first-order chi connectivity index (χ1) is 10.0. The van der Waals surface area contributed by atoms with E-state index < -0.39 is 0 Å². The van der Waals surface area contributed by atoms with Gasteiger partial charge in [0, 0.05) is 17.8 Å². The molecule has 1 N–H and O–H groups in total. The lowest BCUT2D eigenvalue weighted by Crippen LogP contribution is -2.31. The summed E-state index contributed by atoms with van der Waals surface area (Å²) in [5.74, 6) is 2.59. The molecule has 0 aromatic heterocycles. The highest BCUT2D eigenvalue weighted by atomic mass is 16.6. The molecular weight excluding hydrogens is 262 g/mol. The van der Waals surface area contributed by atoms with Crippen LogP contribution in [0.15, 0.2) is 18.2 Å². The van der Waals surface area contributed by atoms with Crippen molar-refractivity contribution in [2.24, 2.45) is 11.3 Å². The zero-order valence-corrected chi connectivity index (χ0v) is 13.4. The minimum atomic E-state index is 0.446. The van der Waals surface area contributed by atoms with Gasteiger partial charge in [0.15, 0.2) is 11.5 Å². The van der Waals surface area contributed by atoms with Crippen molar-refractivity contribution >= 4 is 5.69 Å². The summed E-state index contributed by atoms with van der Waals surface area (Å²) in [7, 11) is 0. The number of rotatable bonds is 2. The molecule has 0 unspecified atom stereocenters. The zero-order chi connectivity index (χ0) is 14.9. The first-order valence-corrected chi connectivity index (χ1v) is 8.18. The second-order valence-electron chi connectivity index (χ2n) is 7.42. The number of benzene rings is 1. The number of hydrogen-bond donors (Lipinski definition) is 1. The van der Waals surface area contributed by atoms with Gasteiger partial charge in [0.25, 0.3) is 0 Å².